The lowest BCUT2D eigenvalue weighted by Crippen LogP contribution is -1.98. The van der Waals surface area contributed by atoms with Gasteiger partial charge in [0, 0.05) is 58.2 Å². The van der Waals surface area contributed by atoms with Crippen LogP contribution in [0.5, 0.6) is 0 Å². The fraction of sp³-hybridized carbons (Fsp3) is 0. The van der Waals surface area contributed by atoms with Gasteiger partial charge in [-0.3, -0.25) is 0 Å². The number of fused-ring (bicyclic) bond motifs is 18. The van der Waals surface area contributed by atoms with Crippen molar-refractivity contribution in [3.8, 4) is 112 Å². The molecule has 0 unspecified atom stereocenters. The van der Waals surface area contributed by atoms with Gasteiger partial charge < -0.3 is 9.13 Å². The van der Waals surface area contributed by atoms with E-state index < -0.39 is 0 Å². The molecule has 147 heavy (non-hydrogen) atoms. The highest BCUT2D eigenvalue weighted by Gasteiger charge is 2.26. The van der Waals surface area contributed by atoms with Gasteiger partial charge in [-0.2, -0.15) is 0 Å². The second kappa shape index (κ2) is 37.5. The van der Waals surface area contributed by atoms with E-state index in [9.17, 15) is 0 Å². The number of para-hydroxylation sites is 4. The number of hydrogen-bond donors (Lipinski definition) is 0. The van der Waals surface area contributed by atoms with Crippen LogP contribution >= 0.6 is 11.3 Å². The molecule has 2 nitrogen and oxygen atoms in total. The standard InChI is InChI=1S/C38H25N.C38H24S.C36H24.C32H21N/c1-3-13-26(14-4-1)37-30-18-7-9-20-32(30)38(33-21-10-8-19-31(33)37)27-23-24-36-34(25-27)29-17-11-12-22-35(29)39(36)28-15-5-2-6-16-28;1-2-11-26(12-3-1)36-30-14-4-6-16-32(30)37(33-17-7-5-15-31(33)36)27-23-21-25(22-24-27)28-18-10-19-34-29-13-8-9-20-35(29)39-38(28)34;1-3-12-25(13-4-1)27-22-23-29-28(24-27)16-11-21-30(29)36-33-19-9-7-17-31(33)35(26-14-5-2-6-15-26)32-18-8-10-20-34(32)36;1-2-12-22(13-3-1)31-25-16-4-6-18-27(25)32(28-19-7-5-17-26(28)31)33-29-20-10-8-14-23(29)24-15-9-11-21-30(24)33/h1-25H;1-24H;1-24H;1-21H/i;;2D,5D,6D,14D,15D;. The fourth-order valence-electron chi connectivity index (χ4n) is 23.3. The summed E-state index contributed by atoms with van der Waals surface area (Å²) in [5.74, 6) is 0. The van der Waals surface area contributed by atoms with Crippen LogP contribution in [-0.2, 0) is 0 Å². The quantitative estimate of drug-likeness (QED) is 0.114. The molecule has 30 aromatic rings. The van der Waals surface area contributed by atoms with Gasteiger partial charge in [-0.15, -0.1) is 11.3 Å². The molecule has 0 aliphatic carbocycles. The van der Waals surface area contributed by atoms with E-state index in [1.165, 1.54) is 212 Å². The lowest BCUT2D eigenvalue weighted by atomic mass is 9.84. The van der Waals surface area contributed by atoms with E-state index >= 15 is 0 Å². The Morgan fingerprint density at radius 1 is 0.156 bits per heavy atom. The molecular weight excluding hydrogens is 1790 g/mol. The number of nitrogens with zero attached hydrogens (tertiary/aromatic N) is 2. The van der Waals surface area contributed by atoms with Crippen LogP contribution in [-0.4, -0.2) is 9.13 Å². The highest BCUT2D eigenvalue weighted by atomic mass is 32.1. The van der Waals surface area contributed by atoms with Crippen LogP contribution in [0.2, 0.25) is 0 Å². The van der Waals surface area contributed by atoms with Gasteiger partial charge in [0.1, 0.15) is 0 Å². The zero-order valence-electron chi connectivity index (χ0n) is 85.2. The summed E-state index contributed by atoms with van der Waals surface area (Å²) < 4.78 is 49.9. The molecule has 3 heteroatoms. The fourth-order valence-corrected chi connectivity index (χ4v) is 24.5. The molecule has 27 aromatic carbocycles. The van der Waals surface area contributed by atoms with Gasteiger partial charge in [-0.25, -0.2) is 0 Å². The molecule has 30 rings (SSSR count). The van der Waals surface area contributed by atoms with E-state index in [2.05, 4.69) is 494 Å². The van der Waals surface area contributed by atoms with Crippen molar-refractivity contribution in [2.75, 3.05) is 0 Å². The summed E-state index contributed by atoms with van der Waals surface area (Å²) in [6.07, 6.45) is 0. The van der Waals surface area contributed by atoms with Crippen LogP contribution in [0.25, 0.3) is 272 Å². The molecule has 0 spiro atoms. The average molecular weight is 1890 g/mol. The second-order valence-corrected chi connectivity index (χ2v) is 38.7. The summed E-state index contributed by atoms with van der Waals surface area (Å²) in [5.41, 5.74) is 28.0. The Bertz CT molecular complexity index is 10400. The average Bonchev–Trinajstić information content (AvgIpc) is 1.35. The minimum atomic E-state index is -0.389. The molecule has 0 aliphatic heterocycles. The van der Waals surface area contributed by atoms with Crippen molar-refractivity contribution in [1.29, 1.82) is 0 Å². The van der Waals surface area contributed by atoms with Crippen molar-refractivity contribution in [3.63, 3.8) is 0 Å². The monoisotopic (exact) mass is 1890 g/mol. The maximum absolute atomic E-state index is 8.77. The van der Waals surface area contributed by atoms with Crippen LogP contribution in [0.1, 0.15) is 6.85 Å². The van der Waals surface area contributed by atoms with Crippen LogP contribution in [0.3, 0.4) is 0 Å². The first kappa shape index (κ1) is 81.8. The third kappa shape index (κ3) is 15.3. The molecule has 0 bridgehead atoms. The largest absolute Gasteiger partial charge is 0.309 e. The number of hydrogen-bond acceptors (Lipinski definition) is 1. The number of aromatic nitrogens is 2. The predicted octanol–water partition coefficient (Wildman–Crippen LogP) is 40.7. The molecule has 686 valence electrons. The Kier molecular flexibility index (Phi) is 20.9. The van der Waals surface area contributed by atoms with Crippen molar-refractivity contribution in [1.82, 2.24) is 9.13 Å². The molecule has 0 amide bonds. The summed E-state index contributed by atoms with van der Waals surface area (Å²) in [6.45, 7) is 0. The first-order chi connectivity index (χ1) is 75.1. The van der Waals surface area contributed by atoms with Gasteiger partial charge in [0.25, 0.3) is 0 Å². The lowest BCUT2D eigenvalue weighted by Gasteiger charge is -2.19. The highest BCUT2D eigenvalue weighted by molar-refractivity contribution is 7.26. The van der Waals surface area contributed by atoms with Crippen LogP contribution in [0, 0.1) is 0 Å². The number of rotatable bonds is 11. The Labute approximate surface area is 863 Å². The van der Waals surface area contributed by atoms with E-state index in [-0.39, 0.29) is 35.8 Å². The Balaban J connectivity index is 0.0000000995. The minimum absolute atomic E-state index is 0.197. The van der Waals surface area contributed by atoms with Gasteiger partial charge in [0.15, 0.2) is 0 Å². The summed E-state index contributed by atoms with van der Waals surface area (Å²) in [7, 11) is 0. The van der Waals surface area contributed by atoms with E-state index in [1.54, 1.807) is 0 Å². The second-order valence-electron chi connectivity index (χ2n) is 37.7. The van der Waals surface area contributed by atoms with Gasteiger partial charge in [-0.1, -0.05) is 516 Å². The molecule has 0 radical (unpaired) electrons. The maximum Gasteiger partial charge on any atom is 0.0629 e. The zero-order chi connectivity index (χ0) is 102. The third-order valence-corrected chi connectivity index (χ3v) is 30.8. The highest BCUT2D eigenvalue weighted by Crippen LogP contribution is 2.52. The maximum atomic E-state index is 8.77. The van der Waals surface area contributed by atoms with Crippen LogP contribution in [0.4, 0.5) is 0 Å². The molecule has 0 aliphatic rings. The molecule has 0 atom stereocenters. The van der Waals surface area contributed by atoms with Crippen LogP contribution in [0.15, 0.2) is 570 Å². The van der Waals surface area contributed by atoms with Crippen molar-refractivity contribution >= 4 is 172 Å². The molecule has 0 saturated carbocycles. The third-order valence-electron chi connectivity index (χ3n) is 29.6. The normalized spacial score (nSPS) is 12.0. The smallest absolute Gasteiger partial charge is 0.0629 e. The van der Waals surface area contributed by atoms with Crippen LogP contribution < -0.4 is 0 Å². The molecule has 0 N–H and O–H groups in total. The number of thiophene rings is 1. The van der Waals surface area contributed by atoms with E-state index in [0.29, 0.717) is 5.56 Å². The van der Waals surface area contributed by atoms with Crippen molar-refractivity contribution in [3.05, 3.63) is 570 Å². The molecule has 0 fully saturated rings. The van der Waals surface area contributed by atoms with E-state index in [0.717, 1.165) is 49.0 Å². The Morgan fingerprint density at radius 3 is 0.905 bits per heavy atom. The zero-order valence-corrected chi connectivity index (χ0v) is 81.0. The van der Waals surface area contributed by atoms with Gasteiger partial charge in [-0.05, 0) is 241 Å². The first-order valence-electron chi connectivity index (χ1n) is 52.8. The van der Waals surface area contributed by atoms with Crippen molar-refractivity contribution in [2.24, 2.45) is 0 Å². The Morgan fingerprint density at radius 2 is 0.456 bits per heavy atom. The van der Waals surface area contributed by atoms with Crippen molar-refractivity contribution < 1.29 is 6.85 Å². The molecular formula is C144H94N2S. The topological polar surface area (TPSA) is 9.86 Å². The van der Waals surface area contributed by atoms with Gasteiger partial charge >= 0.3 is 0 Å². The molecule has 0 saturated heterocycles. The SMILES string of the molecule is [2H]c1c([2H])c([2H])c(-c2c3ccccc3c(-c3cccc4cc(-c5ccccc5)ccc34)c3ccccc23)c([2H])c1[2H].c1ccc(-c2c3ccccc3c(-c3ccc(-c4cccc5c4sc4ccccc45)cc3)c3ccccc23)cc1.c1ccc(-c2c3ccccc3c(-c3ccc4c(c3)c3ccccc3n4-c3ccccc3)c3ccccc23)cc1.c1ccc(-c2c3ccccc3c(-n3c4ccccc4c4ccccc43)c3ccccc23)cc1. The van der Waals surface area contributed by atoms with E-state index in [1.807, 2.05) is 65.9 Å². The minimum Gasteiger partial charge on any atom is -0.309 e. The summed E-state index contributed by atoms with van der Waals surface area (Å²) >= 11 is 1.89. The number of benzene rings is 27. The molecule has 3 aromatic heterocycles. The Hall–Kier alpha value is -18.9. The van der Waals surface area contributed by atoms with Gasteiger partial charge in [0.05, 0.1) is 34.6 Å². The predicted molar refractivity (Wildman–Crippen MR) is 634 cm³/mol. The van der Waals surface area contributed by atoms with E-state index in [4.69, 9.17) is 6.85 Å². The summed E-state index contributed by atoms with van der Waals surface area (Å²) in [4.78, 5) is 0. The summed E-state index contributed by atoms with van der Waals surface area (Å²) in [5, 5.41) is 29.0. The van der Waals surface area contributed by atoms with Gasteiger partial charge in [0.2, 0.25) is 0 Å². The van der Waals surface area contributed by atoms with Crippen molar-refractivity contribution in [2.45, 2.75) is 0 Å². The summed E-state index contributed by atoms with van der Waals surface area (Å²) in [6, 6.07) is 192. The first-order valence-corrected chi connectivity index (χ1v) is 51.1. The lowest BCUT2D eigenvalue weighted by molar-refractivity contribution is 1.18. The molecule has 3 heterocycles.